The van der Waals surface area contributed by atoms with Crippen molar-refractivity contribution in [3.8, 4) is 11.5 Å². The summed E-state index contributed by atoms with van der Waals surface area (Å²) >= 11 is 0. The quantitative estimate of drug-likeness (QED) is 0.299. The number of fused-ring (bicyclic) bond motifs is 2. The van der Waals surface area contributed by atoms with E-state index in [1.165, 1.54) is 0 Å². The molecule has 2 aromatic carbocycles. The Balaban J connectivity index is 1.72. The summed E-state index contributed by atoms with van der Waals surface area (Å²) in [4.78, 5) is 33.6. The number of hydrogen-bond acceptors (Lipinski definition) is 6. The number of rotatable bonds is 8. The molecule has 37 heavy (non-hydrogen) atoms. The van der Waals surface area contributed by atoms with Gasteiger partial charge in [0.1, 0.15) is 12.2 Å². The number of pyridine rings is 1. The van der Waals surface area contributed by atoms with E-state index in [4.69, 9.17) is 13.9 Å². The fourth-order valence-electron chi connectivity index (χ4n) is 4.90. The lowest BCUT2D eigenvalue weighted by Crippen LogP contribution is -2.29. The molecule has 0 fully saturated rings. The van der Waals surface area contributed by atoms with Crippen LogP contribution in [0.1, 0.15) is 51.3 Å². The molecule has 1 atom stereocenters. The van der Waals surface area contributed by atoms with Crippen molar-refractivity contribution >= 4 is 16.9 Å². The normalized spacial score (nSPS) is 14.6. The standard InChI is InChI=1S/C30H28N2O5/c1-5-12-36-23-10-9-21(15-24(23)35-6-2)26-25-27(33)22-14-18(3)13-19(4)28(22)37-29(25)30(34)32(26)17-20-8-7-11-31-16-20/h5,7-11,13-16,26H,1,6,12,17H2,2-4H3. The predicted molar refractivity (Wildman–Crippen MR) is 141 cm³/mol. The molecule has 0 radical (unpaired) electrons. The second-order valence-electron chi connectivity index (χ2n) is 9.07. The molecule has 2 aromatic heterocycles. The first-order valence-electron chi connectivity index (χ1n) is 12.2. The van der Waals surface area contributed by atoms with E-state index in [0.717, 1.165) is 22.3 Å². The van der Waals surface area contributed by atoms with Gasteiger partial charge in [-0.25, -0.2) is 0 Å². The third-order valence-corrected chi connectivity index (χ3v) is 6.41. The van der Waals surface area contributed by atoms with Crippen LogP contribution in [0.3, 0.4) is 0 Å². The van der Waals surface area contributed by atoms with E-state index < -0.39 is 6.04 Å². The van der Waals surface area contributed by atoms with E-state index >= 15 is 0 Å². The van der Waals surface area contributed by atoms with E-state index in [9.17, 15) is 9.59 Å². The maximum absolute atomic E-state index is 14.0. The van der Waals surface area contributed by atoms with Crippen molar-refractivity contribution in [1.29, 1.82) is 0 Å². The number of aryl methyl sites for hydroxylation is 2. The maximum Gasteiger partial charge on any atom is 0.291 e. The molecule has 1 unspecified atom stereocenters. The lowest BCUT2D eigenvalue weighted by molar-refractivity contribution is 0.0714. The second kappa shape index (κ2) is 9.93. The summed E-state index contributed by atoms with van der Waals surface area (Å²) in [6.45, 7) is 10.4. The van der Waals surface area contributed by atoms with Gasteiger partial charge in [0.15, 0.2) is 16.9 Å². The van der Waals surface area contributed by atoms with Crippen LogP contribution in [0.25, 0.3) is 11.0 Å². The van der Waals surface area contributed by atoms with Crippen LogP contribution in [0, 0.1) is 13.8 Å². The first-order chi connectivity index (χ1) is 17.9. The number of benzene rings is 2. The zero-order valence-electron chi connectivity index (χ0n) is 21.1. The smallest absolute Gasteiger partial charge is 0.291 e. The van der Waals surface area contributed by atoms with Gasteiger partial charge < -0.3 is 18.8 Å². The Labute approximate surface area is 215 Å². The Bertz CT molecular complexity index is 1560. The van der Waals surface area contributed by atoms with Crippen molar-refractivity contribution in [1.82, 2.24) is 9.88 Å². The van der Waals surface area contributed by atoms with Crippen LogP contribution in [0.5, 0.6) is 11.5 Å². The molecule has 7 nitrogen and oxygen atoms in total. The summed E-state index contributed by atoms with van der Waals surface area (Å²) in [7, 11) is 0. The lowest BCUT2D eigenvalue weighted by atomic mass is 9.97. The van der Waals surface area contributed by atoms with Gasteiger partial charge in [0, 0.05) is 18.9 Å². The van der Waals surface area contributed by atoms with Gasteiger partial charge in [-0.2, -0.15) is 0 Å². The van der Waals surface area contributed by atoms with Crippen LogP contribution in [0.15, 0.2) is 76.7 Å². The van der Waals surface area contributed by atoms with Gasteiger partial charge in [-0.3, -0.25) is 14.6 Å². The number of amides is 1. The molecule has 0 N–H and O–H groups in total. The van der Waals surface area contributed by atoms with Crippen molar-refractivity contribution in [2.24, 2.45) is 0 Å². The molecule has 5 rings (SSSR count). The molecule has 3 heterocycles. The van der Waals surface area contributed by atoms with Crippen LogP contribution < -0.4 is 14.9 Å². The van der Waals surface area contributed by atoms with Gasteiger partial charge in [-0.1, -0.05) is 30.9 Å². The van der Waals surface area contributed by atoms with Crippen LogP contribution in [0.2, 0.25) is 0 Å². The number of aromatic nitrogens is 1. The maximum atomic E-state index is 14.0. The first-order valence-corrected chi connectivity index (χ1v) is 12.2. The molecule has 1 amide bonds. The van der Waals surface area contributed by atoms with Crippen LogP contribution in [0.4, 0.5) is 0 Å². The number of carbonyl (C=O) groups is 1. The minimum absolute atomic E-state index is 0.0725. The molecule has 0 saturated heterocycles. The number of carbonyl (C=O) groups excluding carboxylic acids is 1. The van der Waals surface area contributed by atoms with Crippen molar-refractivity contribution in [2.75, 3.05) is 13.2 Å². The summed E-state index contributed by atoms with van der Waals surface area (Å²) in [5.41, 5.74) is 3.89. The number of hydrogen-bond donors (Lipinski definition) is 0. The molecule has 7 heteroatoms. The summed E-state index contributed by atoms with van der Waals surface area (Å²) < 4.78 is 17.8. The van der Waals surface area contributed by atoms with Crippen LogP contribution >= 0.6 is 0 Å². The third kappa shape index (κ3) is 4.37. The molecule has 0 aliphatic carbocycles. The third-order valence-electron chi connectivity index (χ3n) is 6.41. The SMILES string of the molecule is C=CCOc1ccc(C2c3c(oc4c(C)cc(C)cc4c3=O)C(=O)N2Cc2cccnc2)cc1OCC. The number of ether oxygens (including phenoxy) is 2. The molecule has 1 aliphatic rings. The minimum atomic E-state index is -0.670. The summed E-state index contributed by atoms with van der Waals surface area (Å²) in [6, 6.07) is 12.3. The van der Waals surface area contributed by atoms with Gasteiger partial charge in [-0.05, 0) is 67.3 Å². The predicted octanol–water partition coefficient (Wildman–Crippen LogP) is 5.51. The molecule has 0 saturated carbocycles. The Morgan fingerprint density at radius 2 is 1.95 bits per heavy atom. The minimum Gasteiger partial charge on any atom is -0.490 e. The van der Waals surface area contributed by atoms with E-state index in [1.807, 2.05) is 57.2 Å². The average Bonchev–Trinajstić information content (AvgIpc) is 3.16. The second-order valence-corrected chi connectivity index (χ2v) is 9.07. The summed E-state index contributed by atoms with van der Waals surface area (Å²) in [5.74, 6) is 0.822. The average molecular weight is 497 g/mol. The Kier molecular flexibility index (Phi) is 6.53. The fourth-order valence-corrected chi connectivity index (χ4v) is 4.90. The largest absolute Gasteiger partial charge is 0.490 e. The van der Waals surface area contributed by atoms with Gasteiger partial charge >= 0.3 is 0 Å². The molecule has 1 aliphatic heterocycles. The van der Waals surface area contributed by atoms with E-state index in [-0.39, 0.29) is 23.6 Å². The highest BCUT2D eigenvalue weighted by molar-refractivity contribution is 5.99. The monoisotopic (exact) mass is 496 g/mol. The van der Waals surface area contributed by atoms with Crippen molar-refractivity contribution in [3.05, 3.63) is 111 Å². The zero-order chi connectivity index (χ0) is 26.1. The molecular formula is C30H28N2O5. The Morgan fingerprint density at radius 1 is 1.11 bits per heavy atom. The highest BCUT2D eigenvalue weighted by Crippen LogP contribution is 2.42. The topological polar surface area (TPSA) is 81.9 Å². The Morgan fingerprint density at radius 3 is 2.68 bits per heavy atom. The lowest BCUT2D eigenvalue weighted by Gasteiger charge is -2.26. The van der Waals surface area contributed by atoms with E-state index in [1.54, 1.807) is 29.4 Å². The van der Waals surface area contributed by atoms with Crippen molar-refractivity contribution in [3.63, 3.8) is 0 Å². The van der Waals surface area contributed by atoms with Crippen molar-refractivity contribution in [2.45, 2.75) is 33.4 Å². The molecule has 188 valence electrons. The Hall–Kier alpha value is -4.39. The summed E-state index contributed by atoms with van der Waals surface area (Å²) in [6.07, 6.45) is 5.05. The van der Waals surface area contributed by atoms with E-state index in [0.29, 0.717) is 41.2 Å². The highest BCUT2D eigenvalue weighted by atomic mass is 16.5. The van der Waals surface area contributed by atoms with Gasteiger partial charge in [0.05, 0.1) is 23.6 Å². The van der Waals surface area contributed by atoms with Gasteiger partial charge in [0.25, 0.3) is 5.91 Å². The van der Waals surface area contributed by atoms with Crippen molar-refractivity contribution < 1.29 is 18.7 Å². The highest BCUT2D eigenvalue weighted by Gasteiger charge is 2.43. The molecular weight excluding hydrogens is 468 g/mol. The number of nitrogens with zero attached hydrogens (tertiary/aromatic N) is 2. The first kappa shape index (κ1) is 24.3. The zero-order valence-corrected chi connectivity index (χ0v) is 21.1. The van der Waals surface area contributed by atoms with Gasteiger partial charge in [0.2, 0.25) is 5.76 Å². The van der Waals surface area contributed by atoms with Crippen LogP contribution in [-0.4, -0.2) is 29.0 Å². The molecule has 0 spiro atoms. The fraction of sp³-hybridized carbons (Fsp3) is 0.233. The molecule has 0 bridgehead atoms. The summed E-state index contributed by atoms with van der Waals surface area (Å²) in [5, 5.41) is 0.466. The van der Waals surface area contributed by atoms with E-state index in [2.05, 4.69) is 11.6 Å². The van der Waals surface area contributed by atoms with Crippen LogP contribution in [-0.2, 0) is 6.54 Å². The van der Waals surface area contributed by atoms with Gasteiger partial charge in [-0.15, -0.1) is 0 Å². The molecule has 4 aromatic rings.